The number of alkyl halides is 3. The summed E-state index contributed by atoms with van der Waals surface area (Å²) in [6.45, 7) is -1.35. The number of sulfonamides is 1. The Kier molecular flexibility index (Phi) is 10.6. The molecule has 1 fully saturated rings. The summed E-state index contributed by atoms with van der Waals surface area (Å²) in [5.41, 5.74) is -0.959. The molecule has 4 rings (SSSR count). The van der Waals surface area contributed by atoms with E-state index in [2.05, 4.69) is 5.32 Å². The summed E-state index contributed by atoms with van der Waals surface area (Å²) in [6.07, 6.45) is -0.755. The number of carbonyl (C=O) groups excluding carboxylic acids is 2. The van der Waals surface area contributed by atoms with Crippen molar-refractivity contribution in [2.24, 2.45) is 0 Å². The van der Waals surface area contributed by atoms with Gasteiger partial charge in [-0.1, -0.05) is 73.0 Å². The van der Waals surface area contributed by atoms with Crippen molar-refractivity contribution in [3.63, 3.8) is 0 Å². The van der Waals surface area contributed by atoms with Crippen LogP contribution in [0.25, 0.3) is 0 Å². The fraction of sp³-hybridized carbons (Fsp3) is 0.355. The van der Waals surface area contributed by atoms with Crippen LogP contribution in [0.2, 0.25) is 5.02 Å². The molecule has 2 amide bonds. The van der Waals surface area contributed by atoms with Gasteiger partial charge in [-0.2, -0.15) is 13.2 Å². The lowest BCUT2D eigenvalue weighted by Gasteiger charge is -2.34. The normalized spacial score (nSPS) is 14.7. The van der Waals surface area contributed by atoms with Gasteiger partial charge < -0.3 is 10.2 Å². The van der Waals surface area contributed by atoms with Gasteiger partial charge in [0.15, 0.2) is 0 Å². The van der Waals surface area contributed by atoms with Gasteiger partial charge in [0, 0.05) is 24.6 Å². The predicted octanol–water partition coefficient (Wildman–Crippen LogP) is 5.96. The monoisotopic (exact) mass is 653 g/mol. The van der Waals surface area contributed by atoms with E-state index in [1.807, 2.05) is 0 Å². The van der Waals surface area contributed by atoms with E-state index in [0.29, 0.717) is 15.9 Å². The summed E-state index contributed by atoms with van der Waals surface area (Å²) in [7, 11) is -4.33. The third-order valence-corrected chi connectivity index (χ3v) is 8.96. The van der Waals surface area contributed by atoms with Crippen molar-refractivity contribution in [3.8, 4) is 0 Å². The van der Waals surface area contributed by atoms with Crippen molar-refractivity contribution in [3.05, 3.63) is 100 Å². The van der Waals surface area contributed by atoms with Gasteiger partial charge in [0.1, 0.15) is 18.4 Å². The number of benzene rings is 3. The summed E-state index contributed by atoms with van der Waals surface area (Å²) in [5, 5.41) is 2.34. The van der Waals surface area contributed by atoms with Gasteiger partial charge in [0.05, 0.1) is 22.5 Å². The van der Waals surface area contributed by atoms with Crippen LogP contribution in [0, 0.1) is 5.82 Å². The lowest BCUT2D eigenvalue weighted by Crippen LogP contribution is -2.54. The van der Waals surface area contributed by atoms with E-state index in [0.717, 1.165) is 49.0 Å². The van der Waals surface area contributed by atoms with Gasteiger partial charge in [-0.25, -0.2) is 12.8 Å². The Morgan fingerprint density at radius 2 is 1.64 bits per heavy atom. The Balaban J connectivity index is 1.76. The molecule has 0 bridgehead atoms. The summed E-state index contributed by atoms with van der Waals surface area (Å²) in [5.74, 6) is -2.06. The lowest BCUT2D eigenvalue weighted by atomic mass is 10.0. The van der Waals surface area contributed by atoms with Crippen LogP contribution < -0.4 is 9.62 Å². The van der Waals surface area contributed by atoms with E-state index < -0.39 is 69.2 Å². The Labute approximate surface area is 258 Å². The van der Waals surface area contributed by atoms with Gasteiger partial charge >= 0.3 is 6.18 Å². The van der Waals surface area contributed by atoms with Crippen molar-refractivity contribution in [1.29, 1.82) is 0 Å². The van der Waals surface area contributed by atoms with Gasteiger partial charge in [0.25, 0.3) is 0 Å². The largest absolute Gasteiger partial charge is 0.417 e. The van der Waals surface area contributed by atoms with Crippen LogP contribution in [0.5, 0.6) is 0 Å². The molecule has 0 radical (unpaired) electrons. The Morgan fingerprint density at radius 1 is 1.00 bits per heavy atom. The first-order valence-corrected chi connectivity index (χ1v) is 16.2. The molecule has 1 saturated carbocycles. The predicted molar refractivity (Wildman–Crippen MR) is 160 cm³/mol. The first-order valence-electron chi connectivity index (χ1n) is 14.0. The third kappa shape index (κ3) is 8.50. The molecule has 13 heteroatoms. The zero-order valence-electron chi connectivity index (χ0n) is 23.9. The van der Waals surface area contributed by atoms with E-state index in [9.17, 15) is 35.6 Å². The van der Waals surface area contributed by atoms with Crippen molar-refractivity contribution in [1.82, 2.24) is 10.2 Å². The van der Waals surface area contributed by atoms with E-state index in [-0.39, 0.29) is 18.0 Å². The average Bonchev–Trinajstić information content (AvgIpc) is 3.47. The second kappa shape index (κ2) is 14.0. The fourth-order valence-electron chi connectivity index (χ4n) is 5.23. The third-order valence-electron chi connectivity index (χ3n) is 7.49. The van der Waals surface area contributed by atoms with Crippen LogP contribution in [-0.4, -0.2) is 50.0 Å². The number of nitrogens with one attached hydrogen (secondary N) is 1. The summed E-state index contributed by atoms with van der Waals surface area (Å²) >= 11 is 5.74. The zero-order chi connectivity index (χ0) is 32.1. The van der Waals surface area contributed by atoms with Crippen molar-refractivity contribution < 1.29 is 35.6 Å². The number of halogens is 5. The highest BCUT2D eigenvalue weighted by atomic mass is 35.5. The molecule has 1 aliphatic rings. The molecule has 3 aromatic carbocycles. The maximum absolute atomic E-state index is 14.9. The average molecular weight is 654 g/mol. The first kappa shape index (κ1) is 33.3. The van der Waals surface area contributed by atoms with Gasteiger partial charge in [0.2, 0.25) is 21.8 Å². The standard InChI is InChI=1S/C31H32ClF4N3O4S/c1-44(42,43)39(24-15-16-26(32)25(18-24)31(34,35)36)20-29(40)38(19-22-11-5-8-14-27(22)33)28(17-21-9-3-2-4-10-21)30(41)37-23-12-6-7-13-23/h2-5,8-11,14-16,18,23,28H,6-7,12-13,17,19-20H2,1H3,(H,37,41). The molecule has 3 aromatic rings. The second-order valence-corrected chi connectivity index (χ2v) is 13.1. The second-order valence-electron chi connectivity index (χ2n) is 10.7. The molecule has 1 unspecified atom stereocenters. The molecule has 44 heavy (non-hydrogen) atoms. The lowest BCUT2D eigenvalue weighted by molar-refractivity contribution is -0.140. The molecule has 1 atom stereocenters. The van der Waals surface area contributed by atoms with Crippen LogP contribution in [0.15, 0.2) is 72.8 Å². The maximum atomic E-state index is 14.9. The van der Waals surface area contributed by atoms with E-state index in [1.165, 1.54) is 18.2 Å². The fourth-order valence-corrected chi connectivity index (χ4v) is 6.30. The molecule has 7 nitrogen and oxygen atoms in total. The van der Waals surface area contributed by atoms with Gasteiger partial charge in [-0.05, 0) is 42.7 Å². The van der Waals surface area contributed by atoms with Crippen LogP contribution in [0.1, 0.15) is 42.4 Å². The number of anilines is 1. The van der Waals surface area contributed by atoms with Crippen LogP contribution in [0.3, 0.4) is 0 Å². The maximum Gasteiger partial charge on any atom is 0.417 e. The smallest absolute Gasteiger partial charge is 0.352 e. The molecular formula is C31H32ClF4N3O4S. The molecule has 0 heterocycles. The zero-order valence-corrected chi connectivity index (χ0v) is 25.4. The topological polar surface area (TPSA) is 86.8 Å². The minimum atomic E-state index is -4.89. The molecule has 0 aromatic heterocycles. The van der Waals surface area contributed by atoms with E-state index >= 15 is 0 Å². The van der Waals surface area contributed by atoms with Crippen molar-refractivity contribution >= 4 is 39.1 Å². The molecular weight excluding hydrogens is 622 g/mol. The number of hydrogen-bond acceptors (Lipinski definition) is 4. The van der Waals surface area contributed by atoms with Crippen LogP contribution in [0.4, 0.5) is 23.2 Å². The van der Waals surface area contributed by atoms with Crippen molar-refractivity contribution in [2.75, 3.05) is 17.1 Å². The highest BCUT2D eigenvalue weighted by molar-refractivity contribution is 7.92. The number of hydrogen-bond donors (Lipinski definition) is 1. The molecule has 0 saturated heterocycles. The van der Waals surface area contributed by atoms with Gasteiger partial charge in [-0.15, -0.1) is 0 Å². The van der Waals surface area contributed by atoms with E-state index in [4.69, 9.17) is 11.6 Å². The van der Waals surface area contributed by atoms with Gasteiger partial charge in [-0.3, -0.25) is 13.9 Å². The minimum absolute atomic E-state index is 0.0254. The summed E-state index contributed by atoms with van der Waals surface area (Å²) in [4.78, 5) is 29.0. The number of carbonyl (C=O) groups is 2. The number of rotatable bonds is 11. The molecule has 1 aliphatic carbocycles. The molecule has 1 N–H and O–H groups in total. The van der Waals surface area contributed by atoms with Crippen LogP contribution >= 0.6 is 11.6 Å². The molecule has 0 spiro atoms. The number of nitrogens with zero attached hydrogens (tertiary/aromatic N) is 2. The number of amides is 2. The summed E-state index contributed by atoms with van der Waals surface area (Å²) < 4.78 is 82.0. The highest BCUT2D eigenvalue weighted by Crippen LogP contribution is 2.37. The molecule has 236 valence electrons. The Hall–Kier alpha value is -3.64. The summed E-state index contributed by atoms with van der Waals surface area (Å²) in [6, 6.07) is 15.7. The minimum Gasteiger partial charge on any atom is -0.352 e. The van der Waals surface area contributed by atoms with Crippen LogP contribution in [-0.2, 0) is 38.8 Å². The SMILES string of the molecule is CS(=O)(=O)N(CC(=O)N(Cc1ccccc1F)C(Cc1ccccc1)C(=O)NC1CCCC1)c1ccc(Cl)c(C(F)(F)F)c1. The van der Waals surface area contributed by atoms with Crippen molar-refractivity contribution in [2.45, 2.75) is 56.9 Å². The first-order chi connectivity index (χ1) is 20.7. The van der Waals surface area contributed by atoms with E-state index in [1.54, 1.807) is 36.4 Å². The quantitative estimate of drug-likeness (QED) is 0.259. The Morgan fingerprint density at radius 3 is 2.25 bits per heavy atom. The molecule has 0 aliphatic heterocycles. The Bertz CT molecular complexity index is 1580. The highest BCUT2D eigenvalue weighted by Gasteiger charge is 2.37.